The number of aliphatic hydroxyl groups excluding tert-OH is 1. The van der Waals surface area contributed by atoms with Crippen LogP contribution in [-0.2, 0) is 11.3 Å². The Hall–Kier alpha value is -1.46. The molecule has 1 aliphatic rings. The van der Waals surface area contributed by atoms with Crippen molar-refractivity contribution in [3.05, 3.63) is 11.6 Å². The van der Waals surface area contributed by atoms with Gasteiger partial charge in [-0.3, -0.25) is 0 Å². The van der Waals surface area contributed by atoms with Crippen LogP contribution in [0.3, 0.4) is 0 Å². The maximum absolute atomic E-state index is 9.62. The van der Waals surface area contributed by atoms with Gasteiger partial charge in [0.1, 0.15) is 18.3 Å². The smallest absolute Gasteiger partial charge is 0.211 e. The molecule has 2 aromatic rings. The molecule has 5 nitrogen and oxygen atoms in total. The van der Waals surface area contributed by atoms with E-state index in [0.717, 1.165) is 6.61 Å². The summed E-state index contributed by atoms with van der Waals surface area (Å²) in [4.78, 5) is 0. The molecule has 2 N–H and O–H groups in total. The lowest BCUT2D eigenvalue weighted by molar-refractivity contribution is 0.263. The number of hydrogen-bond acceptors (Lipinski definition) is 5. The summed E-state index contributed by atoms with van der Waals surface area (Å²) in [6.07, 6.45) is 0.166. The molecule has 0 aromatic carbocycles. The van der Waals surface area contributed by atoms with E-state index in [1.54, 1.807) is 6.07 Å². The lowest BCUT2D eigenvalue weighted by Gasteiger charge is -2.02. The molecule has 1 unspecified atom stereocenters. The standard InChI is InChI=1S/C10H10O5/c11-2-6-7-1-8(10(15-7)9(6)12)14-4-5-3-13-5/h1,5,11-12H,2-4H2. The highest BCUT2D eigenvalue weighted by Crippen LogP contribution is 2.42. The van der Waals surface area contributed by atoms with Gasteiger partial charge in [0, 0.05) is 6.07 Å². The molecule has 0 saturated carbocycles. The number of rotatable bonds is 4. The summed E-state index contributed by atoms with van der Waals surface area (Å²) in [7, 11) is 0. The molecule has 3 heterocycles. The van der Waals surface area contributed by atoms with Gasteiger partial charge in [0.25, 0.3) is 0 Å². The van der Waals surface area contributed by atoms with E-state index in [1.807, 2.05) is 0 Å². The van der Waals surface area contributed by atoms with E-state index in [2.05, 4.69) is 0 Å². The lowest BCUT2D eigenvalue weighted by Crippen LogP contribution is -2.03. The van der Waals surface area contributed by atoms with Crippen LogP contribution in [0.1, 0.15) is 5.56 Å². The first-order chi connectivity index (χ1) is 7.29. The van der Waals surface area contributed by atoms with Crippen molar-refractivity contribution < 1.29 is 24.1 Å². The van der Waals surface area contributed by atoms with Gasteiger partial charge in [-0.2, -0.15) is 0 Å². The number of fused-ring (bicyclic) bond motifs is 2. The van der Waals surface area contributed by atoms with Crippen molar-refractivity contribution >= 4 is 11.2 Å². The van der Waals surface area contributed by atoms with E-state index in [4.69, 9.17) is 19.0 Å². The Labute approximate surface area is 85.2 Å². The molecule has 1 aliphatic heterocycles. The van der Waals surface area contributed by atoms with Gasteiger partial charge in [0.05, 0.1) is 18.8 Å². The first-order valence-corrected chi connectivity index (χ1v) is 4.71. The maximum Gasteiger partial charge on any atom is 0.211 e. The number of hydrogen-bond donors (Lipinski definition) is 2. The van der Waals surface area contributed by atoms with Crippen LogP contribution in [0.4, 0.5) is 0 Å². The van der Waals surface area contributed by atoms with Crippen molar-refractivity contribution in [1.82, 2.24) is 0 Å². The maximum atomic E-state index is 9.62. The minimum atomic E-state index is -0.236. The monoisotopic (exact) mass is 210 g/mol. The van der Waals surface area contributed by atoms with Gasteiger partial charge in [-0.15, -0.1) is 0 Å². The average molecular weight is 210 g/mol. The molecule has 80 valence electrons. The molecule has 2 bridgehead atoms. The Kier molecular flexibility index (Phi) is 1.77. The van der Waals surface area contributed by atoms with Crippen LogP contribution in [0.2, 0.25) is 0 Å². The number of benzene rings is 1. The molecule has 2 aromatic heterocycles. The summed E-state index contributed by atoms with van der Waals surface area (Å²) in [6.45, 7) is 0.956. The molecule has 3 rings (SSSR count). The number of aromatic hydroxyl groups is 1. The van der Waals surface area contributed by atoms with Gasteiger partial charge >= 0.3 is 0 Å². The highest BCUT2D eigenvalue weighted by molar-refractivity contribution is 5.82. The Bertz CT molecular complexity index is 471. The largest absolute Gasteiger partial charge is 0.504 e. The van der Waals surface area contributed by atoms with Crippen LogP contribution < -0.4 is 4.74 Å². The lowest BCUT2D eigenvalue weighted by atomic mass is 10.2. The molecule has 0 aliphatic carbocycles. The van der Waals surface area contributed by atoms with E-state index < -0.39 is 0 Å². The Balaban J connectivity index is 1.86. The molecule has 5 heteroatoms. The third-order valence-electron chi connectivity index (χ3n) is 2.48. The number of ether oxygens (including phenoxy) is 2. The van der Waals surface area contributed by atoms with Crippen LogP contribution >= 0.6 is 0 Å². The van der Waals surface area contributed by atoms with Crippen LogP contribution in [0, 0.1) is 0 Å². The summed E-state index contributed by atoms with van der Waals surface area (Å²) in [5.74, 6) is 0.483. The van der Waals surface area contributed by atoms with Crippen LogP contribution in [-0.4, -0.2) is 29.5 Å². The summed E-state index contributed by atoms with van der Waals surface area (Å²) < 4.78 is 15.6. The van der Waals surface area contributed by atoms with Gasteiger partial charge in [0.15, 0.2) is 11.5 Å². The molecule has 0 spiro atoms. The number of furan rings is 2. The predicted octanol–water partition coefficient (Wildman–Crippen LogP) is 0.846. The molecule has 1 fully saturated rings. The SMILES string of the molecule is OCc1c(O)c2oc1cc2OCC1CO1. The predicted molar refractivity (Wildman–Crippen MR) is 50.2 cm³/mol. The zero-order valence-corrected chi connectivity index (χ0v) is 7.90. The first-order valence-electron chi connectivity index (χ1n) is 4.71. The Morgan fingerprint density at radius 3 is 2.93 bits per heavy atom. The molecule has 1 atom stereocenters. The Morgan fingerprint density at radius 1 is 1.53 bits per heavy atom. The van der Waals surface area contributed by atoms with Gasteiger partial charge in [-0.1, -0.05) is 0 Å². The minimum Gasteiger partial charge on any atom is -0.504 e. The second kappa shape index (κ2) is 3.01. The van der Waals surface area contributed by atoms with Crippen molar-refractivity contribution in [3.63, 3.8) is 0 Å². The fourth-order valence-electron chi connectivity index (χ4n) is 1.55. The number of aliphatic hydroxyl groups is 1. The zero-order chi connectivity index (χ0) is 10.4. The number of epoxide rings is 1. The van der Waals surface area contributed by atoms with Gasteiger partial charge in [-0.05, 0) is 0 Å². The van der Waals surface area contributed by atoms with Gasteiger partial charge < -0.3 is 24.1 Å². The van der Waals surface area contributed by atoms with Crippen molar-refractivity contribution in [2.75, 3.05) is 13.2 Å². The summed E-state index contributed by atoms with van der Waals surface area (Å²) in [5.41, 5.74) is 1.19. The molecule has 0 radical (unpaired) electrons. The van der Waals surface area contributed by atoms with Crippen LogP contribution in [0.5, 0.6) is 11.5 Å². The van der Waals surface area contributed by atoms with Crippen LogP contribution in [0.25, 0.3) is 11.2 Å². The third kappa shape index (κ3) is 1.32. The zero-order valence-electron chi connectivity index (χ0n) is 7.90. The third-order valence-corrected chi connectivity index (χ3v) is 2.48. The van der Waals surface area contributed by atoms with E-state index in [1.165, 1.54) is 0 Å². The van der Waals surface area contributed by atoms with Gasteiger partial charge in [-0.25, -0.2) is 0 Å². The fraction of sp³-hybridized carbons (Fsp3) is 0.400. The first kappa shape index (κ1) is 8.82. The molecular formula is C10H10O5. The quantitative estimate of drug-likeness (QED) is 0.731. The highest BCUT2D eigenvalue weighted by atomic mass is 16.6. The summed E-state index contributed by atoms with van der Waals surface area (Å²) in [5, 5.41) is 18.6. The van der Waals surface area contributed by atoms with E-state index >= 15 is 0 Å². The fourth-order valence-corrected chi connectivity index (χ4v) is 1.55. The molecule has 0 amide bonds. The highest BCUT2D eigenvalue weighted by Gasteiger charge is 2.26. The normalized spacial score (nSPS) is 19.9. The topological polar surface area (TPSA) is 75.4 Å². The van der Waals surface area contributed by atoms with E-state index in [-0.39, 0.29) is 18.5 Å². The molecule has 15 heavy (non-hydrogen) atoms. The second-order valence-corrected chi connectivity index (χ2v) is 3.56. The van der Waals surface area contributed by atoms with E-state index in [9.17, 15) is 5.11 Å². The molecular weight excluding hydrogens is 200 g/mol. The van der Waals surface area contributed by atoms with Crippen molar-refractivity contribution in [1.29, 1.82) is 0 Å². The minimum absolute atomic E-state index is 0.0262. The van der Waals surface area contributed by atoms with Crippen LogP contribution in [0.15, 0.2) is 10.5 Å². The number of phenols is 1. The average Bonchev–Trinajstić information content (AvgIpc) is 2.90. The Morgan fingerprint density at radius 2 is 2.33 bits per heavy atom. The van der Waals surface area contributed by atoms with Crippen molar-refractivity contribution in [2.45, 2.75) is 12.7 Å². The summed E-state index contributed by atoms with van der Waals surface area (Å²) >= 11 is 0. The van der Waals surface area contributed by atoms with Gasteiger partial charge in [0.2, 0.25) is 5.58 Å². The van der Waals surface area contributed by atoms with Crippen molar-refractivity contribution in [3.8, 4) is 11.5 Å². The second-order valence-electron chi connectivity index (χ2n) is 3.56. The van der Waals surface area contributed by atoms with E-state index in [0.29, 0.717) is 29.1 Å². The molecule has 1 saturated heterocycles. The summed E-state index contributed by atoms with van der Waals surface area (Å²) in [6, 6.07) is 1.67. The van der Waals surface area contributed by atoms with Crippen molar-refractivity contribution in [2.24, 2.45) is 0 Å².